The molecule has 0 spiro atoms. The molecule has 3 rings (SSSR count). The Hall–Kier alpha value is -1.63. The Morgan fingerprint density at radius 1 is 1.38 bits per heavy atom. The predicted octanol–water partition coefficient (Wildman–Crippen LogP) is 0.709. The Morgan fingerprint density at radius 2 is 2.12 bits per heavy atom. The molecule has 1 heterocycles. The SMILES string of the molecule is CC1(C)CN(C(=O)N[C@@H]2Cc3ccccc3[C@H]2N)CCN1CCO. The topological polar surface area (TPSA) is 81.8 Å². The van der Waals surface area contributed by atoms with Crippen LogP contribution < -0.4 is 11.1 Å². The second-order valence-electron chi connectivity index (χ2n) is 7.43. The van der Waals surface area contributed by atoms with Gasteiger partial charge in [-0.05, 0) is 31.4 Å². The summed E-state index contributed by atoms with van der Waals surface area (Å²) in [7, 11) is 0. The Balaban J connectivity index is 1.61. The summed E-state index contributed by atoms with van der Waals surface area (Å²) in [5, 5.41) is 12.3. The van der Waals surface area contributed by atoms with Gasteiger partial charge in [-0.15, -0.1) is 0 Å². The molecule has 0 aromatic heterocycles. The van der Waals surface area contributed by atoms with Crippen LogP contribution in [0.15, 0.2) is 24.3 Å². The molecule has 0 unspecified atom stereocenters. The first-order valence-corrected chi connectivity index (χ1v) is 8.67. The summed E-state index contributed by atoms with van der Waals surface area (Å²) in [6.07, 6.45) is 0.789. The Bertz CT molecular complexity index is 604. The minimum atomic E-state index is -0.145. The van der Waals surface area contributed by atoms with E-state index in [2.05, 4.69) is 30.1 Å². The van der Waals surface area contributed by atoms with Gasteiger partial charge < -0.3 is 21.1 Å². The normalized spacial score (nSPS) is 26.2. The molecule has 0 radical (unpaired) electrons. The number of β-amino-alcohol motifs (C(OH)–C–C–N with tert-alkyl or cyclic N) is 1. The van der Waals surface area contributed by atoms with Gasteiger partial charge in [-0.3, -0.25) is 4.90 Å². The molecule has 1 aliphatic carbocycles. The maximum absolute atomic E-state index is 12.7. The van der Waals surface area contributed by atoms with Gasteiger partial charge >= 0.3 is 6.03 Å². The largest absolute Gasteiger partial charge is 0.395 e. The van der Waals surface area contributed by atoms with Crippen molar-refractivity contribution in [3.8, 4) is 0 Å². The van der Waals surface area contributed by atoms with Crippen molar-refractivity contribution in [3.63, 3.8) is 0 Å². The first-order chi connectivity index (χ1) is 11.4. The third-order valence-electron chi connectivity index (χ3n) is 5.33. The van der Waals surface area contributed by atoms with Crippen LogP contribution in [0.25, 0.3) is 0 Å². The number of carbonyl (C=O) groups is 1. The highest BCUT2D eigenvalue weighted by molar-refractivity contribution is 5.75. The van der Waals surface area contributed by atoms with Gasteiger partial charge in [-0.1, -0.05) is 24.3 Å². The Kier molecular flexibility index (Phi) is 4.80. The third-order valence-corrected chi connectivity index (χ3v) is 5.33. The first-order valence-electron chi connectivity index (χ1n) is 8.67. The second kappa shape index (κ2) is 6.70. The number of aliphatic hydroxyl groups is 1. The number of nitrogens with one attached hydrogen (secondary N) is 1. The average molecular weight is 332 g/mol. The van der Waals surface area contributed by atoms with Crippen molar-refractivity contribution in [2.24, 2.45) is 5.73 Å². The molecule has 24 heavy (non-hydrogen) atoms. The van der Waals surface area contributed by atoms with Crippen LogP contribution >= 0.6 is 0 Å². The van der Waals surface area contributed by atoms with Crippen LogP contribution in [-0.4, -0.2) is 65.3 Å². The second-order valence-corrected chi connectivity index (χ2v) is 7.43. The van der Waals surface area contributed by atoms with Crippen molar-refractivity contribution >= 4 is 6.03 Å². The van der Waals surface area contributed by atoms with Gasteiger partial charge in [0, 0.05) is 31.7 Å². The van der Waals surface area contributed by atoms with Crippen LogP contribution in [0, 0.1) is 0 Å². The standard InChI is InChI=1S/C18H28N4O2/c1-18(2)12-21(7-8-22(18)9-10-23)17(24)20-15-11-13-5-3-4-6-14(13)16(15)19/h3-6,15-16,23H,7-12,19H2,1-2H3,(H,20,24)/t15-,16-/m1/s1. The quantitative estimate of drug-likeness (QED) is 0.761. The zero-order chi connectivity index (χ0) is 17.3. The number of amides is 2. The smallest absolute Gasteiger partial charge is 0.317 e. The molecule has 1 aliphatic heterocycles. The molecule has 6 nitrogen and oxygen atoms in total. The number of piperazine rings is 1. The van der Waals surface area contributed by atoms with Crippen molar-refractivity contribution in [1.29, 1.82) is 0 Å². The van der Waals surface area contributed by atoms with E-state index in [1.807, 2.05) is 23.1 Å². The number of hydrogen-bond acceptors (Lipinski definition) is 4. The number of aliphatic hydroxyl groups excluding tert-OH is 1. The van der Waals surface area contributed by atoms with E-state index in [4.69, 9.17) is 5.73 Å². The van der Waals surface area contributed by atoms with Gasteiger partial charge in [0.2, 0.25) is 0 Å². The van der Waals surface area contributed by atoms with Crippen molar-refractivity contribution in [1.82, 2.24) is 15.1 Å². The van der Waals surface area contributed by atoms with Gasteiger partial charge in [0.1, 0.15) is 0 Å². The zero-order valence-electron chi connectivity index (χ0n) is 14.5. The Labute approximate surface area is 143 Å². The molecule has 1 aromatic rings. The minimum Gasteiger partial charge on any atom is -0.395 e. The molecular formula is C18H28N4O2. The lowest BCUT2D eigenvalue weighted by atomic mass is 9.99. The van der Waals surface area contributed by atoms with Gasteiger partial charge in [0.25, 0.3) is 0 Å². The lowest BCUT2D eigenvalue weighted by Gasteiger charge is -2.47. The van der Waals surface area contributed by atoms with Gasteiger partial charge in [0.15, 0.2) is 0 Å². The number of nitrogens with zero attached hydrogens (tertiary/aromatic N) is 2. The number of benzene rings is 1. The summed E-state index contributed by atoms with van der Waals surface area (Å²) < 4.78 is 0. The number of carbonyl (C=O) groups excluding carboxylic acids is 1. The lowest BCUT2D eigenvalue weighted by Crippen LogP contribution is -2.63. The molecule has 1 aromatic carbocycles. The molecule has 0 bridgehead atoms. The molecule has 132 valence electrons. The van der Waals surface area contributed by atoms with E-state index in [1.54, 1.807) is 0 Å². The fourth-order valence-electron chi connectivity index (χ4n) is 3.92. The van der Waals surface area contributed by atoms with Crippen molar-refractivity contribution < 1.29 is 9.90 Å². The highest BCUT2D eigenvalue weighted by atomic mass is 16.3. The fourth-order valence-corrected chi connectivity index (χ4v) is 3.92. The third kappa shape index (κ3) is 3.27. The van der Waals surface area contributed by atoms with E-state index in [9.17, 15) is 9.90 Å². The van der Waals surface area contributed by atoms with Crippen molar-refractivity contribution in [2.45, 2.75) is 37.9 Å². The highest BCUT2D eigenvalue weighted by Gasteiger charge is 2.37. The maximum atomic E-state index is 12.7. The van der Waals surface area contributed by atoms with E-state index in [0.29, 0.717) is 19.6 Å². The van der Waals surface area contributed by atoms with Gasteiger partial charge in [0.05, 0.1) is 18.7 Å². The lowest BCUT2D eigenvalue weighted by molar-refractivity contribution is 0.0238. The number of hydrogen-bond donors (Lipinski definition) is 3. The molecule has 1 saturated heterocycles. The number of urea groups is 1. The van der Waals surface area contributed by atoms with E-state index < -0.39 is 0 Å². The molecule has 2 amide bonds. The van der Waals surface area contributed by atoms with Crippen molar-refractivity contribution in [2.75, 3.05) is 32.8 Å². The van der Waals surface area contributed by atoms with E-state index in [-0.39, 0.29) is 30.3 Å². The number of fused-ring (bicyclic) bond motifs is 1. The fraction of sp³-hybridized carbons (Fsp3) is 0.611. The summed E-state index contributed by atoms with van der Waals surface area (Å²) >= 11 is 0. The van der Waals surface area contributed by atoms with E-state index >= 15 is 0 Å². The highest BCUT2D eigenvalue weighted by Crippen LogP contribution is 2.29. The number of rotatable bonds is 3. The van der Waals surface area contributed by atoms with Crippen LogP contribution in [0.5, 0.6) is 0 Å². The molecule has 6 heteroatoms. The van der Waals surface area contributed by atoms with Gasteiger partial charge in [-0.2, -0.15) is 0 Å². The van der Waals surface area contributed by atoms with E-state index in [0.717, 1.165) is 18.5 Å². The van der Waals surface area contributed by atoms with Crippen LogP contribution in [0.1, 0.15) is 31.0 Å². The zero-order valence-corrected chi connectivity index (χ0v) is 14.5. The summed E-state index contributed by atoms with van der Waals surface area (Å²) in [6.45, 7) is 7.10. The maximum Gasteiger partial charge on any atom is 0.317 e. The van der Waals surface area contributed by atoms with Crippen molar-refractivity contribution in [3.05, 3.63) is 35.4 Å². The van der Waals surface area contributed by atoms with Crippen LogP contribution in [0.2, 0.25) is 0 Å². The minimum absolute atomic E-state index is 0.0417. The summed E-state index contributed by atoms with van der Waals surface area (Å²) in [6, 6.07) is 7.90. The Morgan fingerprint density at radius 3 is 2.79 bits per heavy atom. The molecule has 2 aliphatic rings. The van der Waals surface area contributed by atoms with Gasteiger partial charge in [-0.25, -0.2) is 4.79 Å². The van der Waals surface area contributed by atoms with Crippen LogP contribution in [0.4, 0.5) is 4.79 Å². The molecule has 0 saturated carbocycles. The summed E-state index contributed by atoms with van der Waals surface area (Å²) in [4.78, 5) is 16.8. The molecule has 4 N–H and O–H groups in total. The molecule has 1 fully saturated rings. The monoisotopic (exact) mass is 332 g/mol. The number of nitrogens with two attached hydrogens (primary N) is 1. The predicted molar refractivity (Wildman–Crippen MR) is 93.7 cm³/mol. The van der Waals surface area contributed by atoms with Crippen LogP contribution in [0.3, 0.4) is 0 Å². The van der Waals surface area contributed by atoms with Crippen LogP contribution in [-0.2, 0) is 6.42 Å². The summed E-state index contributed by atoms with van der Waals surface area (Å²) in [5.74, 6) is 0. The molecule has 2 atom stereocenters. The molecular weight excluding hydrogens is 304 g/mol. The van der Waals surface area contributed by atoms with E-state index in [1.165, 1.54) is 5.56 Å². The average Bonchev–Trinajstić information content (AvgIpc) is 2.86. The summed E-state index contributed by atoms with van der Waals surface area (Å²) in [5.41, 5.74) is 8.53. The first kappa shape index (κ1) is 17.2.